The Kier molecular flexibility index (Phi) is 4.81. The van der Waals surface area contributed by atoms with E-state index in [9.17, 15) is 0 Å². The van der Waals surface area contributed by atoms with Crippen LogP contribution in [-0.4, -0.2) is 8.80 Å². The normalized spacial score (nSPS) is 17.9. The Balaban J connectivity index is 0.000001000. The summed E-state index contributed by atoms with van der Waals surface area (Å²) in [6.07, 6.45) is 4.85. The maximum atomic E-state index is 2.42. The molecule has 0 saturated heterocycles. The fraction of sp³-hybridized carbons (Fsp3) is 0.556. The summed E-state index contributed by atoms with van der Waals surface area (Å²) in [5.74, 6) is 0. The molecule has 1 aliphatic rings. The van der Waals surface area contributed by atoms with Gasteiger partial charge in [-0.05, 0) is 19.4 Å². The molecule has 0 fully saturated rings. The molecule has 0 spiro atoms. The van der Waals surface area contributed by atoms with Gasteiger partial charge in [0.25, 0.3) is 0 Å². The van der Waals surface area contributed by atoms with Gasteiger partial charge < -0.3 is 0 Å². The van der Waals surface area contributed by atoms with Crippen molar-refractivity contribution in [3.05, 3.63) is 23.3 Å². The minimum absolute atomic E-state index is 0. The van der Waals surface area contributed by atoms with Crippen LogP contribution < -0.4 is 0 Å². The Labute approximate surface area is 90.5 Å². The molecule has 0 aromatic rings. The van der Waals surface area contributed by atoms with E-state index in [1.165, 1.54) is 11.1 Å². The van der Waals surface area contributed by atoms with Crippen LogP contribution in [0, 0.1) is 0 Å². The molecule has 56 valence electrons. The van der Waals surface area contributed by atoms with Crippen molar-refractivity contribution >= 4 is 8.80 Å². The van der Waals surface area contributed by atoms with Crippen molar-refractivity contribution in [2.24, 2.45) is 0 Å². The van der Waals surface area contributed by atoms with Crippen molar-refractivity contribution < 1.29 is 26.2 Å². The maximum absolute atomic E-state index is 2.42. The van der Waals surface area contributed by atoms with Gasteiger partial charge in [0.2, 0.25) is 0 Å². The second kappa shape index (κ2) is 4.57. The van der Waals surface area contributed by atoms with E-state index in [0.717, 1.165) is 5.54 Å². The van der Waals surface area contributed by atoms with Crippen molar-refractivity contribution in [1.82, 2.24) is 0 Å². The van der Waals surface area contributed by atoms with E-state index in [2.05, 4.69) is 39.1 Å². The Bertz CT molecular complexity index is 174. The SMILES string of the molecule is CC1=CC([SiH](C)C)C=C1C.[Zr+4]. The molecule has 0 amide bonds. The zero-order valence-corrected chi connectivity index (χ0v) is 11.4. The van der Waals surface area contributed by atoms with Crippen molar-refractivity contribution in [2.45, 2.75) is 32.5 Å². The molecule has 0 aliphatic heterocycles. The number of hydrogen-bond acceptors (Lipinski definition) is 0. The van der Waals surface area contributed by atoms with E-state index in [-0.39, 0.29) is 26.2 Å². The van der Waals surface area contributed by atoms with Crippen LogP contribution in [0.4, 0.5) is 0 Å². The topological polar surface area (TPSA) is 0 Å². The minimum Gasteiger partial charge on any atom is -0.0775 e. The Morgan fingerprint density at radius 2 is 1.45 bits per heavy atom. The fourth-order valence-corrected chi connectivity index (χ4v) is 2.62. The maximum Gasteiger partial charge on any atom is 4.00 e. The zero-order valence-electron chi connectivity index (χ0n) is 7.81. The minimum atomic E-state index is -0.453. The summed E-state index contributed by atoms with van der Waals surface area (Å²) in [5, 5.41) is 0. The third-order valence-corrected chi connectivity index (χ3v) is 4.20. The monoisotopic (exact) mass is 242 g/mol. The molecule has 0 atom stereocenters. The molecule has 0 radical (unpaired) electrons. The summed E-state index contributed by atoms with van der Waals surface area (Å²) < 4.78 is 0. The van der Waals surface area contributed by atoms with E-state index in [4.69, 9.17) is 0 Å². The van der Waals surface area contributed by atoms with Gasteiger partial charge >= 0.3 is 26.2 Å². The molecule has 2 heteroatoms. The molecule has 0 N–H and O–H groups in total. The van der Waals surface area contributed by atoms with Crippen LogP contribution in [0.2, 0.25) is 18.6 Å². The first-order chi connectivity index (χ1) is 4.61. The van der Waals surface area contributed by atoms with E-state index in [0.29, 0.717) is 0 Å². The summed E-state index contributed by atoms with van der Waals surface area (Å²) in [7, 11) is -0.453. The summed E-state index contributed by atoms with van der Waals surface area (Å²) in [6, 6.07) is 0. The molecule has 0 unspecified atom stereocenters. The first kappa shape index (κ1) is 11.6. The smallest absolute Gasteiger partial charge is 0.0775 e. The predicted molar refractivity (Wildman–Crippen MR) is 50.1 cm³/mol. The Morgan fingerprint density at radius 1 is 1.09 bits per heavy atom. The van der Waals surface area contributed by atoms with Gasteiger partial charge in [0.15, 0.2) is 0 Å². The molecule has 11 heavy (non-hydrogen) atoms. The first-order valence-corrected chi connectivity index (χ1v) is 6.96. The van der Waals surface area contributed by atoms with E-state index in [1.54, 1.807) is 0 Å². The van der Waals surface area contributed by atoms with Crippen LogP contribution in [0.5, 0.6) is 0 Å². The van der Waals surface area contributed by atoms with Gasteiger partial charge in [-0.2, -0.15) is 0 Å². The van der Waals surface area contributed by atoms with Crippen molar-refractivity contribution in [1.29, 1.82) is 0 Å². The van der Waals surface area contributed by atoms with Crippen LogP contribution in [0.25, 0.3) is 0 Å². The second-order valence-corrected chi connectivity index (χ2v) is 6.78. The summed E-state index contributed by atoms with van der Waals surface area (Å²) in [4.78, 5) is 0. The van der Waals surface area contributed by atoms with Gasteiger partial charge in [0, 0.05) is 8.80 Å². The van der Waals surface area contributed by atoms with Crippen LogP contribution >= 0.6 is 0 Å². The molecule has 0 bridgehead atoms. The van der Waals surface area contributed by atoms with Crippen LogP contribution in [0.15, 0.2) is 23.3 Å². The summed E-state index contributed by atoms with van der Waals surface area (Å²) in [5.41, 5.74) is 3.82. The van der Waals surface area contributed by atoms with Gasteiger partial charge in [-0.3, -0.25) is 0 Å². The standard InChI is InChI=1S/C9H16Si.Zr/c1-7-5-9(10(3)4)6-8(7)2;/h5-6,9-10H,1-4H3;/q;+4. The molecule has 1 rings (SSSR count). The molecule has 0 saturated carbocycles. The third kappa shape index (κ3) is 2.83. The average molecular weight is 244 g/mol. The molecule has 0 aromatic heterocycles. The van der Waals surface area contributed by atoms with Crippen LogP contribution in [0.1, 0.15) is 13.8 Å². The number of hydrogen-bond donors (Lipinski definition) is 0. The van der Waals surface area contributed by atoms with Crippen LogP contribution in [-0.2, 0) is 26.2 Å². The summed E-state index contributed by atoms with van der Waals surface area (Å²) >= 11 is 0. The fourth-order valence-electron chi connectivity index (χ4n) is 1.27. The van der Waals surface area contributed by atoms with E-state index < -0.39 is 8.80 Å². The first-order valence-electron chi connectivity index (χ1n) is 3.98. The third-order valence-electron chi connectivity index (χ3n) is 2.28. The zero-order chi connectivity index (χ0) is 7.72. The summed E-state index contributed by atoms with van der Waals surface area (Å²) in [6.45, 7) is 9.23. The molecule has 0 nitrogen and oxygen atoms in total. The molecular weight excluding hydrogens is 227 g/mol. The molecular formula is C9H16SiZr+4. The molecule has 0 aromatic carbocycles. The Hall–Kier alpha value is 0.580. The van der Waals surface area contributed by atoms with Gasteiger partial charge in [-0.15, -0.1) is 0 Å². The van der Waals surface area contributed by atoms with Crippen molar-refractivity contribution in [3.8, 4) is 0 Å². The second-order valence-electron chi connectivity index (χ2n) is 3.52. The quantitative estimate of drug-likeness (QED) is 0.621. The largest absolute Gasteiger partial charge is 4.00 e. The van der Waals surface area contributed by atoms with Gasteiger partial charge in [-0.25, -0.2) is 0 Å². The number of rotatable bonds is 1. The van der Waals surface area contributed by atoms with E-state index in [1.807, 2.05) is 0 Å². The van der Waals surface area contributed by atoms with Crippen LogP contribution in [0.3, 0.4) is 0 Å². The molecule has 1 aliphatic carbocycles. The predicted octanol–water partition coefficient (Wildman–Crippen LogP) is 2.75. The molecule has 0 heterocycles. The number of allylic oxidation sites excluding steroid dienone is 4. The Morgan fingerprint density at radius 3 is 1.64 bits per heavy atom. The van der Waals surface area contributed by atoms with Gasteiger partial charge in [0.1, 0.15) is 0 Å². The van der Waals surface area contributed by atoms with Gasteiger partial charge in [-0.1, -0.05) is 36.4 Å². The van der Waals surface area contributed by atoms with Gasteiger partial charge in [0.05, 0.1) is 0 Å². The average Bonchev–Trinajstić information content (AvgIpc) is 2.13. The van der Waals surface area contributed by atoms with Crippen molar-refractivity contribution in [3.63, 3.8) is 0 Å². The van der Waals surface area contributed by atoms with Crippen molar-refractivity contribution in [2.75, 3.05) is 0 Å². The van der Waals surface area contributed by atoms with E-state index >= 15 is 0 Å².